The standard InChI is InChI=1S/C15H17N3OS/c16-15-17-12(14(19)18-9-5-2-6-10-18)13(20-15)11-7-3-1-4-8-11/h1,3-4,7-8H,2,5-6,9-10H2,(H2,16,17). The van der Waals surface area contributed by atoms with Gasteiger partial charge in [-0.05, 0) is 24.8 Å². The number of likely N-dealkylation sites (tertiary alicyclic amines) is 1. The minimum atomic E-state index is 0.0107. The van der Waals surface area contributed by atoms with E-state index in [2.05, 4.69) is 4.98 Å². The molecule has 1 amide bonds. The molecule has 0 saturated carbocycles. The Kier molecular flexibility index (Phi) is 3.69. The largest absolute Gasteiger partial charge is 0.375 e. The Balaban J connectivity index is 1.95. The second-order valence-electron chi connectivity index (χ2n) is 4.95. The smallest absolute Gasteiger partial charge is 0.274 e. The van der Waals surface area contributed by atoms with Gasteiger partial charge in [-0.3, -0.25) is 4.79 Å². The number of carbonyl (C=O) groups excluding carboxylic acids is 1. The van der Waals surface area contributed by atoms with Gasteiger partial charge in [-0.25, -0.2) is 4.98 Å². The summed E-state index contributed by atoms with van der Waals surface area (Å²) in [6.07, 6.45) is 3.35. The van der Waals surface area contributed by atoms with Gasteiger partial charge in [-0.1, -0.05) is 41.7 Å². The van der Waals surface area contributed by atoms with E-state index in [9.17, 15) is 4.79 Å². The first-order valence-corrected chi connectivity index (χ1v) is 7.68. The molecule has 1 fully saturated rings. The fourth-order valence-corrected chi connectivity index (χ4v) is 3.34. The molecule has 104 valence electrons. The Morgan fingerprint density at radius 1 is 1.15 bits per heavy atom. The van der Waals surface area contributed by atoms with Gasteiger partial charge in [0.25, 0.3) is 5.91 Å². The number of hydrogen-bond acceptors (Lipinski definition) is 4. The predicted molar refractivity (Wildman–Crippen MR) is 81.7 cm³/mol. The van der Waals surface area contributed by atoms with Crippen molar-refractivity contribution in [2.75, 3.05) is 18.8 Å². The normalized spacial score (nSPS) is 15.3. The van der Waals surface area contributed by atoms with Crippen LogP contribution in [0, 0.1) is 0 Å². The Labute approximate surface area is 122 Å². The van der Waals surface area contributed by atoms with Crippen LogP contribution in [0.1, 0.15) is 29.8 Å². The molecule has 2 heterocycles. The maximum absolute atomic E-state index is 12.6. The van der Waals surface area contributed by atoms with Crippen LogP contribution in [0.2, 0.25) is 0 Å². The zero-order valence-electron chi connectivity index (χ0n) is 11.2. The van der Waals surface area contributed by atoms with Gasteiger partial charge >= 0.3 is 0 Å². The van der Waals surface area contributed by atoms with E-state index in [1.54, 1.807) is 0 Å². The molecule has 0 unspecified atom stereocenters. The van der Waals surface area contributed by atoms with E-state index in [1.807, 2.05) is 35.2 Å². The highest BCUT2D eigenvalue weighted by molar-refractivity contribution is 7.19. The van der Waals surface area contributed by atoms with Crippen LogP contribution in [-0.4, -0.2) is 28.9 Å². The van der Waals surface area contributed by atoms with Crippen molar-refractivity contribution >= 4 is 22.4 Å². The Morgan fingerprint density at radius 2 is 1.85 bits per heavy atom. The van der Waals surface area contributed by atoms with Gasteiger partial charge < -0.3 is 10.6 Å². The molecule has 4 nitrogen and oxygen atoms in total. The molecule has 0 atom stereocenters. The number of nitrogens with two attached hydrogens (primary N) is 1. The van der Waals surface area contributed by atoms with E-state index < -0.39 is 0 Å². The number of thiazole rings is 1. The number of anilines is 1. The lowest BCUT2D eigenvalue weighted by molar-refractivity contribution is 0.0720. The Morgan fingerprint density at radius 3 is 2.55 bits per heavy atom. The SMILES string of the molecule is Nc1nc(C(=O)N2CCCCC2)c(-c2ccccc2)s1. The van der Waals surface area contributed by atoms with Crippen LogP contribution in [0.3, 0.4) is 0 Å². The molecular formula is C15H17N3OS. The minimum absolute atomic E-state index is 0.0107. The fraction of sp³-hybridized carbons (Fsp3) is 0.333. The summed E-state index contributed by atoms with van der Waals surface area (Å²) in [6, 6.07) is 9.85. The molecular weight excluding hydrogens is 270 g/mol. The third-order valence-corrected chi connectivity index (χ3v) is 4.46. The van der Waals surface area contributed by atoms with Crippen molar-refractivity contribution in [1.29, 1.82) is 0 Å². The molecule has 0 radical (unpaired) electrons. The maximum atomic E-state index is 12.6. The molecule has 20 heavy (non-hydrogen) atoms. The lowest BCUT2D eigenvalue weighted by Crippen LogP contribution is -2.36. The van der Waals surface area contributed by atoms with E-state index in [-0.39, 0.29) is 5.91 Å². The minimum Gasteiger partial charge on any atom is -0.375 e. The number of nitrogen functional groups attached to an aromatic ring is 1. The van der Waals surface area contributed by atoms with Gasteiger partial charge in [-0.15, -0.1) is 0 Å². The monoisotopic (exact) mass is 287 g/mol. The number of hydrogen-bond donors (Lipinski definition) is 1. The summed E-state index contributed by atoms with van der Waals surface area (Å²) in [5, 5.41) is 0.448. The Bertz CT molecular complexity index is 603. The predicted octanol–water partition coefficient (Wildman–Crippen LogP) is 3.02. The van der Waals surface area contributed by atoms with Gasteiger partial charge in [0.15, 0.2) is 5.13 Å². The number of benzene rings is 1. The third-order valence-electron chi connectivity index (χ3n) is 3.53. The molecule has 0 aliphatic carbocycles. The molecule has 2 N–H and O–H groups in total. The summed E-state index contributed by atoms with van der Waals surface area (Å²) in [7, 11) is 0. The van der Waals surface area contributed by atoms with Gasteiger partial charge in [0.2, 0.25) is 0 Å². The summed E-state index contributed by atoms with van der Waals surface area (Å²) < 4.78 is 0. The van der Waals surface area contributed by atoms with Crippen LogP contribution >= 0.6 is 11.3 Å². The van der Waals surface area contributed by atoms with E-state index >= 15 is 0 Å². The molecule has 1 aromatic heterocycles. The van der Waals surface area contributed by atoms with Crippen molar-refractivity contribution in [2.45, 2.75) is 19.3 Å². The molecule has 1 saturated heterocycles. The molecule has 0 spiro atoms. The van der Waals surface area contributed by atoms with Gasteiger partial charge in [0.1, 0.15) is 5.69 Å². The maximum Gasteiger partial charge on any atom is 0.274 e. The fourth-order valence-electron chi connectivity index (χ4n) is 2.51. The van der Waals surface area contributed by atoms with E-state index in [0.717, 1.165) is 36.4 Å². The van der Waals surface area contributed by atoms with Crippen LogP contribution in [0.5, 0.6) is 0 Å². The topological polar surface area (TPSA) is 59.2 Å². The molecule has 2 aromatic rings. The summed E-state index contributed by atoms with van der Waals surface area (Å²) in [4.78, 5) is 19.7. The second-order valence-corrected chi connectivity index (χ2v) is 5.98. The van der Waals surface area contributed by atoms with Crippen molar-refractivity contribution < 1.29 is 4.79 Å². The first-order valence-electron chi connectivity index (χ1n) is 6.87. The molecule has 1 aliphatic rings. The lowest BCUT2D eigenvalue weighted by Gasteiger charge is -2.26. The van der Waals surface area contributed by atoms with E-state index in [1.165, 1.54) is 17.8 Å². The van der Waals surface area contributed by atoms with Gasteiger partial charge in [-0.2, -0.15) is 0 Å². The summed E-state index contributed by atoms with van der Waals surface area (Å²) >= 11 is 1.38. The zero-order chi connectivity index (χ0) is 13.9. The van der Waals surface area contributed by atoms with Crippen molar-refractivity contribution in [3.63, 3.8) is 0 Å². The Hall–Kier alpha value is -1.88. The molecule has 0 bridgehead atoms. The quantitative estimate of drug-likeness (QED) is 0.923. The van der Waals surface area contributed by atoms with Gasteiger partial charge in [0.05, 0.1) is 4.88 Å². The van der Waals surface area contributed by atoms with Crippen LogP contribution in [0.4, 0.5) is 5.13 Å². The van der Waals surface area contributed by atoms with E-state index in [0.29, 0.717) is 10.8 Å². The van der Waals surface area contributed by atoms with Crippen LogP contribution in [0.25, 0.3) is 10.4 Å². The van der Waals surface area contributed by atoms with Crippen LogP contribution in [-0.2, 0) is 0 Å². The number of carbonyl (C=O) groups is 1. The number of piperidine rings is 1. The molecule has 1 aliphatic heterocycles. The average molecular weight is 287 g/mol. The number of rotatable bonds is 2. The highest BCUT2D eigenvalue weighted by atomic mass is 32.1. The zero-order valence-corrected chi connectivity index (χ0v) is 12.0. The number of amides is 1. The molecule has 1 aromatic carbocycles. The van der Waals surface area contributed by atoms with Crippen molar-refractivity contribution in [2.24, 2.45) is 0 Å². The van der Waals surface area contributed by atoms with Gasteiger partial charge in [0, 0.05) is 13.1 Å². The third kappa shape index (κ3) is 2.54. The van der Waals surface area contributed by atoms with Crippen molar-refractivity contribution in [3.05, 3.63) is 36.0 Å². The number of nitrogens with zero attached hydrogens (tertiary/aromatic N) is 2. The summed E-state index contributed by atoms with van der Waals surface area (Å²) in [5.41, 5.74) is 7.32. The van der Waals surface area contributed by atoms with Crippen LogP contribution < -0.4 is 5.73 Å². The first-order chi connectivity index (χ1) is 9.75. The highest BCUT2D eigenvalue weighted by Crippen LogP contribution is 2.32. The summed E-state index contributed by atoms with van der Waals surface area (Å²) in [6.45, 7) is 1.65. The lowest BCUT2D eigenvalue weighted by atomic mass is 10.1. The average Bonchev–Trinajstić information content (AvgIpc) is 2.90. The first kappa shape index (κ1) is 13.1. The van der Waals surface area contributed by atoms with Crippen molar-refractivity contribution in [3.8, 4) is 10.4 Å². The molecule has 3 rings (SSSR count). The summed E-state index contributed by atoms with van der Waals surface area (Å²) in [5.74, 6) is 0.0107. The number of aromatic nitrogens is 1. The second kappa shape index (κ2) is 5.63. The van der Waals surface area contributed by atoms with Crippen molar-refractivity contribution in [1.82, 2.24) is 9.88 Å². The molecule has 5 heteroatoms. The van der Waals surface area contributed by atoms with Crippen LogP contribution in [0.15, 0.2) is 30.3 Å². The highest BCUT2D eigenvalue weighted by Gasteiger charge is 2.24. The van der Waals surface area contributed by atoms with E-state index in [4.69, 9.17) is 5.73 Å².